The van der Waals surface area contributed by atoms with E-state index in [1.807, 2.05) is 0 Å². The summed E-state index contributed by atoms with van der Waals surface area (Å²) in [5, 5.41) is 1.97. The van der Waals surface area contributed by atoms with Crippen molar-refractivity contribution in [1.82, 2.24) is 9.97 Å². The summed E-state index contributed by atoms with van der Waals surface area (Å²) in [7, 11) is -2.85. The third kappa shape index (κ3) is 3.17. The number of aromatic nitrogens is 2. The fourth-order valence-electron chi connectivity index (χ4n) is 4.30. The Balaban J connectivity index is 1.76. The van der Waals surface area contributed by atoms with Gasteiger partial charge < -0.3 is 11.1 Å². The highest BCUT2D eigenvalue weighted by Crippen LogP contribution is 2.47. The average molecular weight is 463 g/mol. The van der Waals surface area contributed by atoms with Crippen molar-refractivity contribution < 1.29 is 17.8 Å². The molecule has 0 bridgehead atoms. The maximum atomic E-state index is 15.0. The minimum absolute atomic E-state index is 0.0181. The van der Waals surface area contributed by atoms with E-state index in [4.69, 9.17) is 5.73 Å². The molecule has 4 heterocycles. The second-order valence-corrected chi connectivity index (χ2v) is 11.6. The molecular weight excluding hydrogens is 438 g/mol. The molecule has 0 spiro atoms. The summed E-state index contributed by atoms with van der Waals surface area (Å²) in [4.78, 5) is 25.3. The normalized spacial score (nSPS) is 28.4. The van der Waals surface area contributed by atoms with Crippen LogP contribution in [-0.4, -0.2) is 42.5 Å². The highest BCUT2D eigenvalue weighted by atomic mass is 32.2. The maximum absolute atomic E-state index is 15.0. The van der Waals surface area contributed by atoms with E-state index in [-0.39, 0.29) is 23.0 Å². The fourth-order valence-corrected chi connectivity index (χ4v) is 7.44. The molecule has 2 aliphatic heterocycles. The van der Waals surface area contributed by atoms with Gasteiger partial charge in [0, 0.05) is 6.54 Å². The highest BCUT2D eigenvalue weighted by molar-refractivity contribution is 7.96. The lowest BCUT2D eigenvalue weighted by molar-refractivity contribution is 0.102. The van der Waals surface area contributed by atoms with Crippen molar-refractivity contribution in [3.05, 3.63) is 53.0 Å². The van der Waals surface area contributed by atoms with Crippen LogP contribution in [0.2, 0.25) is 0 Å². The number of carbonyl (C=O) groups excluding carboxylic acids is 1. The fraction of sp³-hybridized carbons (Fsp3) is 0.429. The monoisotopic (exact) mass is 462 g/mol. The Morgan fingerprint density at radius 2 is 2.00 bits per heavy atom. The second kappa shape index (κ2) is 7.29. The van der Waals surface area contributed by atoms with Crippen molar-refractivity contribution in [3.8, 4) is 0 Å². The molecule has 4 rings (SSSR count). The number of carbonyl (C=O) groups is 1. The standard InChI is InChI=1S/C21H24F2N6O2S/c1-11-9-12(22)10-25-16(11)18(30)28-15-6-5-13(23)17(27-15)21(4)14-7-8-26-32(14,31)20(2,3)19(24)29-21/h5-6,9-10,14H,7-8H2,1-4H3,(H2,24,29)(H,27,28,30)/t14-,21-,32+/m0/s1. The van der Waals surface area contributed by atoms with Crippen molar-refractivity contribution in [2.24, 2.45) is 15.1 Å². The Labute approximate surface area is 184 Å². The van der Waals surface area contributed by atoms with Crippen molar-refractivity contribution in [2.45, 2.75) is 49.7 Å². The van der Waals surface area contributed by atoms with Gasteiger partial charge in [-0.3, -0.25) is 9.79 Å². The van der Waals surface area contributed by atoms with Crippen molar-refractivity contribution in [1.29, 1.82) is 0 Å². The molecule has 2 aliphatic rings. The second-order valence-electron chi connectivity index (χ2n) is 8.65. The van der Waals surface area contributed by atoms with Gasteiger partial charge in [-0.25, -0.2) is 27.3 Å². The first kappa shape index (κ1) is 22.3. The smallest absolute Gasteiger partial charge is 0.275 e. The van der Waals surface area contributed by atoms with Gasteiger partial charge in [-0.15, -0.1) is 0 Å². The minimum Gasteiger partial charge on any atom is -0.386 e. The summed E-state index contributed by atoms with van der Waals surface area (Å²) in [5.41, 5.74) is 5.15. The number of hydrogen-bond acceptors (Lipinski definition) is 7. The Morgan fingerprint density at radius 1 is 1.28 bits per heavy atom. The number of aliphatic imine (C=N–C) groups is 1. The number of hydrogen-bond donors (Lipinski definition) is 2. The summed E-state index contributed by atoms with van der Waals surface area (Å²) in [6.07, 6.45) is 1.39. The Morgan fingerprint density at radius 3 is 2.69 bits per heavy atom. The largest absolute Gasteiger partial charge is 0.386 e. The molecule has 0 aromatic carbocycles. The van der Waals surface area contributed by atoms with Crippen LogP contribution in [0.5, 0.6) is 0 Å². The number of amides is 1. The Bertz CT molecular complexity index is 1290. The quantitative estimate of drug-likeness (QED) is 0.726. The molecule has 3 atom stereocenters. The van der Waals surface area contributed by atoms with E-state index < -0.39 is 42.8 Å². The number of nitrogens with zero attached hydrogens (tertiary/aromatic N) is 4. The number of amidine groups is 1. The van der Waals surface area contributed by atoms with Crippen molar-refractivity contribution in [2.75, 3.05) is 11.9 Å². The lowest BCUT2D eigenvalue weighted by Crippen LogP contribution is -2.58. The molecule has 2 aromatic heterocycles. The van der Waals surface area contributed by atoms with Gasteiger partial charge in [-0.1, -0.05) is 0 Å². The molecule has 3 N–H and O–H groups in total. The average Bonchev–Trinajstić information content (AvgIpc) is 3.13. The maximum Gasteiger partial charge on any atom is 0.275 e. The van der Waals surface area contributed by atoms with Gasteiger partial charge in [0.25, 0.3) is 5.91 Å². The zero-order valence-electron chi connectivity index (χ0n) is 18.1. The molecule has 11 heteroatoms. The molecule has 32 heavy (non-hydrogen) atoms. The summed E-state index contributed by atoms with van der Waals surface area (Å²) >= 11 is 0. The molecule has 8 nitrogen and oxygen atoms in total. The number of anilines is 1. The molecule has 0 aliphatic carbocycles. The van der Waals surface area contributed by atoms with E-state index in [9.17, 15) is 13.4 Å². The Hall–Kier alpha value is -2.95. The van der Waals surface area contributed by atoms with Crippen LogP contribution < -0.4 is 11.1 Å². The van der Waals surface area contributed by atoms with Crippen LogP contribution in [0.4, 0.5) is 14.6 Å². The van der Waals surface area contributed by atoms with Crippen LogP contribution >= 0.6 is 0 Å². The summed E-state index contributed by atoms with van der Waals surface area (Å²) in [6.45, 7) is 7.01. The van der Waals surface area contributed by atoms with Gasteiger partial charge in [0.05, 0.1) is 21.2 Å². The van der Waals surface area contributed by atoms with E-state index in [0.717, 1.165) is 12.3 Å². The predicted octanol–water partition coefficient (Wildman–Crippen LogP) is 2.92. The van der Waals surface area contributed by atoms with Crippen LogP contribution in [0.15, 0.2) is 33.8 Å². The molecule has 0 fully saturated rings. The van der Waals surface area contributed by atoms with Crippen molar-refractivity contribution >= 4 is 27.3 Å². The zero-order valence-corrected chi connectivity index (χ0v) is 19.0. The predicted molar refractivity (Wildman–Crippen MR) is 118 cm³/mol. The third-order valence-corrected chi connectivity index (χ3v) is 9.92. The van der Waals surface area contributed by atoms with Gasteiger partial charge in [-0.05, 0) is 57.9 Å². The molecular formula is C21H24F2N6O2S. The summed E-state index contributed by atoms with van der Waals surface area (Å²) in [6, 6.07) is 3.65. The lowest BCUT2D eigenvalue weighted by Gasteiger charge is -2.44. The third-order valence-electron chi connectivity index (χ3n) is 6.21. The van der Waals surface area contributed by atoms with Crippen molar-refractivity contribution in [3.63, 3.8) is 0 Å². The highest BCUT2D eigenvalue weighted by Gasteiger charge is 2.57. The SMILES string of the molecule is Cc1cc(F)cnc1C(=O)Nc1ccc(F)c([C@@]2(C)N=C(N)C(C)(C)[S@@]3(=O)=NCC[C@@H]23)n1. The first-order valence-corrected chi connectivity index (χ1v) is 11.7. The van der Waals surface area contributed by atoms with E-state index in [1.165, 1.54) is 12.1 Å². The number of nitrogens with two attached hydrogens (primary N) is 1. The number of halogens is 2. The summed E-state index contributed by atoms with van der Waals surface area (Å²) in [5.74, 6) is -1.67. The molecule has 0 saturated carbocycles. The van der Waals surface area contributed by atoms with E-state index in [2.05, 4.69) is 24.6 Å². The Kier molecular flexibility index (Phi) is 5.07. The number of fused-ring (bicyclic) bond motifs is 1. The van der Waals surface area contributed by atoms with Crippen LogP contribution in [0, 0.1) is 18.6 Å². The number of nitrogens with one attached hydrogen (secondary N) is 1. The molecule has 170 valence electrons. The van der Waals surface area contributed by atoms with Crippen LogP contribution in [0.25, 0.3) is 0 Å². The van der Waals surface area contributed by atoms with E-state index in [0.29, 0.717) is 18.5 Å². The van der Waals surface area contributed by atoms with Gasteiger partial charge in [0.1, 0.15) is 45.0 Å². The molecule has 0 unspecified atom stereocenters. The molecule has 0 saturated heterocycles. The minimum atomic E-state index is -2.85. The van der Waals surface area contributed by atoms with E-state index in [1.54, 1.807) is 27.7 Å². The van der Waals surface area contributed by atoms with Crippen LogP contribution in [-0.2, 0) is 15.3 Å². The van der Waals surface area contributed by atoms with Gasteiger partial charge in [-0.2, -0.15) is 0 Å². The summed E-state index contributed by atoms with van der Waals surface area (Å²) < 4.78 is 45.6. The first-order chi connectivity index (χ1) is 14.9. The van der Waals surface area contributed by atoms with Crippen LogP contribution in [0.3, 0.4) is 0 Å². The molecule has 1 amide bonds. The zero-order chi connectivity index (χ0) is 23.5. The van der Waals surface area contributed by atoms with Crippen LogP contribution in [0.1, 0.15) is 48.9 Å². The number of rotatable bonds is 3. The van der Waals surface area contributed by atoms with Gasteiger partial charge >= 0.3 is 0 Å². The number of aryl methyl sites for hydroxylation is 1. The first-order valence-electron chi connectivity index (χ1n) is 10.1. The molecule has 0 radical (unpaired) electrons. The topological polar surface area (TPSA) is 123 Å². The van der Waals surface area contributed by atoms with Gasteiger partial charge in [0.15, 0.2) is 0 Å². The van der Waals surface area contributed by atoms with E-state index >= 15 is 4.39 Å². The molecule has 2 aromatic rings. The van der Waals surface area contributed by atoms with Gasteiger partial charge in [0.2, 0.25) is 0 Å². The lowest BCUT2D eigenvalue weighted by atomic mass is 9.89. The number of pyridine rings is 2.